The lowest BCUT2D eigenvalue weighted by atomic mass is 10.5. The van der Waals surface area contributed by atoms with Gasteiger partial charge in [-0.2, -0.15) is 12.7 Å². The van der Waals surface area contributed by atoms with Gasteiger partial charge in [0.25, 0.3) is 0 Å². The topological polar surface area (TPSA) is 98.2 Å². The van der Waals surface area contributed by atoms with Crippen molar-refractivity contribution < 1.29 is 22.9 Å². The van der Waals surface area contributed by atoms with Gasteiger partial charge in [0.1, 0.15) is 0 Å². The van der Waals surface area contributed by atoms with Crippen molar-refractivity contribution in [3.05, 3.63) is 0 Å². The lowest BCUT2D eigenvalue weighted by molar-refractivity contribution is 0.170. The maximum atomic E-state index is 10.1. The maximum Gasteiger partial charge on any atom is 0.422 e. The Morgan fingerprint density at radius 2 is 1.35 bits per heavy atom. The predicted molar refractivity (Wildman–Crippen MR) is 65.4 cm³/mol. The highest BCUT2D eigenvalue weighted by molar-refractivity contribution is 7.83. The Morgan fingerprint density at radius 1 is 1.00 bits per heavy atom. The van der Waals surface area contributed by atoms with Gasteiger partial charge in [-0.15, -0.1) is 0 Å². The minimum absolute atomic E-state index is 0.0764. The molecule has 0 spiro atoms. The molecule has 0 aromatic heterocycles. The third kappa shape index (κ3) is 8.90. The molecule has 0 aliphatic rings. The van der Waals surface area contributed by atoms with E-state index < -0.39 is 16.4 Å². The summed E-state index contributed by atoms with van der Waals surface area (Å²) in [5, 5.41) is 8.10. The number of nitrogens with zero attached hydrogens (tertiary/aromatic N) is 2. The van der Waals surface area contributed by atoms with E-state index in [0.717, 1.165) is 0 Å². The molecule has 17 heavy (non-hydrogen) atoms. The van der Waals surface area contributed by atoms with E-state index in [1.165, 1.54) is 26.6 Å². The third-order valence-electron chi connectivity index (χ3n) is 2.12. The smallest absolute Gasteiger partial charge is 0.422 e. The van der Waals surface area contributed by atoms with E-state index in [-0.39, 0.29) is 10.8 Å². The van der Waals surface area contributed by atoms with E-state index in [4.69, 9.17) is 9.66 Å². The quantitative estimate of drug-likeness (QED) is 0.727. The lowest BCUT2D eigenvalue weighted by Crippen LogP contribution is -2.34. The highest BCUT2D eigenvalue weighted by Crippen LogP contribution is 1.95. The molecule has 0 heterocycles. The zero-order valence-electron chi connectivity index (χ0n) is 10.8. The molecule has 0 saturated heterocycles. The highest BCUT2D eigenvalue weighted by Gasteiger charge is 2.21. The summed E-state index contributed by atoms with van der Waals surface area (Å²) >= 11 is 0. The van der Waals surface area contributed by atoms with Crippen molar-refractivity contribution in [2.75, 3.05) is 26.2 Å². The van der Waals surface area contributed by atoms with Crippen molar-refractivity contribution in [1.82, 2.24) is 9.21 Å². The Morgan fingerprint density at radius 3 is 1.35 bits per heavy atom. The van der Waals surface area contributed by atoms with Gasteiger partial charge in [0.15, 0.2) is 0 Å². The molecule has 0 aromatic rings. The molecule has 0 aliphatic carbocycles. The first-order chi connectivity index (χ1) is 7.74. The summed E-state index contributed by atoms with van der Waals surface area (Å²) in [6.45, 7) is 11.1. The van der Waals surface area contributed by atoms with Crippen LogP contribution in [0.4, 0.5) is 4.79 Å². The molecule has 104 valence electrons. The Kier molecular flexibility index (Phi) is 10.0. The molecule has 0 saturated carbocycles. The molecule has 8 heteroatoms. The molecule has 0 atom stereocenters. The number of amides is 1. The van der Waals surface area contributed by atoms with E-state index in [1.54, 1.807) is 0 Å². The van der Waals surface area contributed by atoms with Crippen molar-refractivity contribution in [3.63, 3.8) is 0 Å². The van der Waals surface area contributed by atoms with Gasteiger partial charge in [0, 0.05) is 6.54 Å². The molecule has 7 nitrogen and oxygen atoms in total. The summed E-state index contributed by atoms with van der Waals surface area (Å²) in [6.07, 6.45) is -1.69. The molecule has 0 rings (SSSR count). The average Bonchev–Trinajstić information content (AvgIpc) is 2.19. The van der Waals surface area contributed by atoms with Crippen LogP contribution in [0.15, 0.2) is 0 Å². The molecule has 0 unspecified atom stereocenters. The fourth-order valence-corrected chi connectivity index (χ4v) is 1.59. The van der Waals surface area contributed by atoms with Gasteiger partial charge in [-0.05, 0) is 26.6 Å². The van der Waals surface area contributed by atoms with Crippen LogP contribution in [0.5, 0.6) is 0 Å². The molecular weight excluding hydrogens is 248 g/mol. The van der Waals surface area contributed by atoms with Gasteiger partial charge in [0.05, 0.1) is 0 Å². The number of rotatable bonds is 5. The summed E-state index contributed by atoms with van der Waals surface area (Å²) < 4.78 is 28.3. The van der Waals surface area contributed by atoms with Gasteiger partial charge < -0.3 is 10.0 Å². The lowest BCUT2D eigenvalue weighted by Gasteiger charge is -2.13. The Hall–Kier alpha value is -0.860. The fraction of sp³-hybridized carbons (Fsp3) is 0.889. The Labute approximate surface area is 103 Å². The van der Waals surface area contributed by atoms with Crippen molar-refractivity contribution >= 4 is 16.4 Å². The third-order valence-corrected chi connectivity index (χ3v) is 3.09. The number of carbonyl (C=O) groups is 1. The molecule has 0 radical (unpaired) electrons. The molecular formula is C9H22N2O5S. The maximum absolute atomic E-state index is 10.1. The van der Waals surface area contributed by atoms with Gasteiger partial charge in [-0.25, -0.2) is 4.79 Å². The van der Waals surface area contributed by atoms with Crippen LogP contribution in [0.2, 0.25) is 0 Å². The molecule has 0 aliphatic heterocycles. The second-order valence-corrected chi connectivity index (χ2v) is 4.38. The van der Waals surface area contributed by atoms with Crippen molar-refractivity contribution in [3.8, 4) is 0 Å². The normalized spacial score (nSPS) is 10.7. The number of hydrogen-bond acceptors (Lipinski definition) is 4. The zero-order valence-corrected chi connectivity index (χ0v) is 11.6. The van der Waals surface area contributed by atoms with Gasteiger partial charge in [-0.1, -0.05) is 20.8 Å². The fourth-order valence-electron chi connectivity index (χ4n) is 1.07. The first kappa shape index (κ1) is 18.5. The van der Waals surface area contributed by atoms with Gasteiger partial charge in [-0.3, -0.25) is 4.55 Å². The van der Waals surface area contributed by atoms with Crippen LogP contribution in [0.1, 0.15) is 27.7 Å². The standard InChI is InChI=1S/C6H15N.C3H7NO5S/c1-4-7(5-2)6-3;1-2-4(3(5)6)10(7,8)9/h4-6H2,1-3H3;2H2,1H3,(H,5,6)(H,7,8,9). The molecule has 0 bridgehead atoms. The minimum Gasteiger partial charge on any atom is -0.464 e. The summed E-state index contributed by atoms with van der Waals surface area (Å²) in [5.41, 5.74) is 0. The van der Waals surface area contributed by atoms with Gasteiger partial charge in [0.2, 0.25) is 0 Å². The predicted octanol–water partition coefficient (Wildman–Crippen LogP) is 1.14. The van der Waals surface area contributed by atoms with Crippen LogP contribution in [-0.2, 0) is 10.3 Å². The monoisotopic (exact) mass is 270 g/mol. The second kappa shape index (κ2) is 9.20. The van der Waals surface area contributed by atoms with Crippen LogP contribution in [0, 0.1) is 0 Å². The van der Waals surface area contributed by atoms with E-state index in [1.807, 2.05) is 0 Å². The van der Waals surface area contributed by atoms with Crippen LogP contribution >= 0.6 is 0 Å². The number of carboxylic acid groups (broad SMARTS) is 1. The van der Waals surface area contributed by atoms with E-state index >= 15 is 0 Å². The summed E-state index contributed by atoms with van der Waals surface area (Å²) in [7, 11) is -4.58. The summed E-state index contributed by atoms with van der Waals surface area (Å²) in [6, 6.07) is 0. The van der Waals surface area contributed by atoms with E-state index in [2.05, 4.69) is 25.7 Å². The molecule has 2 N–H and O–H groups in total. The van der Waals surface area contributed by atoms with Crippen LogP contribution < -0.4 is 0 Å². The summed E-state index contributed by atoms with van der Waals surface area (Å²) in [5.74, 6) is 0. The Bertz CT molecular complexity index is 295. The first-order valence-electron chi connectivity index (χ1n) is 5.44. The SMILES string of the molecule is CCN(C(=O)O)S(=O)(=O)O.CCN(CC)CC. The molecule has 0 aromatic carbocycles. The Balaban J connectivity index is 0. The van der Waals surface area contributed by atoms with Crippen molar-refractivity contribution in [2.24, 2.45) is 0 Å². The minimum atomic E-state index is -4.58. The van der Waals surface area contributed by atoms with Crippen molar-refractivity contribution in [1.29, 1.82) is 0 Å². The molecule has 0 fully saturated rings. The van der Waals surface area contributed by atoms with Crippen LogP contribution in [0.3, 0.4) is 0 Å². The summed E-state index contributed by atoms with van der Waals surface area (Å²) in [4.78, 5) is 12.3. The van der Waals surface area contributed by atoms with Crippen molar-refractivity contribution in [2.45, 2.75) is 27.7 Å². The van der Waals surface area contributed by atoms with Crippen LogP contribution in [-0.4, -0.2) is 59.6 Å². The second-order valence-electron chi connectivity index (χ2n) is 3.04. The number of hydrogen-bond donors (Lipinski definition) is 2. The van der Waals surface area contributed by atoms with Gasteiger partial charge >= 0.3 is 16.4 Å². The molecule has 1 amide bonds. The first-order valence-corrected chi connectivity index (χ1v) is 6.84. The van der Waals surface area contributed by atoms with Crippen LogP contribution in [0.25, 0.3) is 0 Å². The van der Waals surface area contributed by atoms with E-state index in [0.29, 0.717) is 0 Å². The average molecular weight is 270 g/mol. The highest BCUT2D eigenvalue weighted by atomic mass is 32.2. The zero-order chi connectivity index (χ0) is 14.1. The van der Waals surface area contributed by atoms with E-state index in [9.17, 15) is 13.2 Å². The largest absolute Gasteiger partial charge is 0.464 e.